The second-order valence-corrected chi connectivity index (χ2v) is 12.5. The molecule has 0 fully saturated rings. The molecule has 0 aliphatic carbocycles. The van der Waals surface area contributed by atoms with E-state index in [1.165, 1.54) is 0 Å². The van der Waals surface area contributed by atoms with Gasteiger partial charge < -0.3 is 13.9 Å². The topological polar surface area (TPSA) is 44.8 Å². The van der Waals surface area contributed by atoms with Gasteiger partial charge in [-0.2, -0.15) is 0 Å². The summed E-state index contributed by atoms with van der Waals surface area (Å²) in [7, 11) is -0.278. The Balaban J connectivity index is 5.18. The van der Waals surface area contributed by atoms with Gasteiger partial charge in [0.15, 0.2) is 14.6 Å². The maximum atomic E-state index is 11.4. The molecule has 0 aromatic rings. The van der Waals surface area contributed by atoms with Crippen LogP contribution in [0.2, 0.25) is 18.1 Å². The fourth-order valence-corrected chi connectivity index (χ4v) is 2.82. The molecular weight excluding hydrogens is 320 g/mol. The van der Waals surface area contributed by atoms with Gasteiger partial charge in [0.25, 0.3) is 0 Å². The predicted octanol–water partition coefficient (Wildman–Crippen LogP) is 4.86. The van der Waals surface area contributed by atoms with Crippen LogP contribution in [-0.2, 0) is 18.7 Å². The van der Waals surface area contributed by atoms with Crippen LogP contribution in [0.3, 0.4) is 0 Å². The maximum absolute atomic E-state index is 11.4. The molecule has 1 unspecified atom stereocenters. The van der Waals surface area contributed by atoms with Gasteiger partial charge in [0.1, 0.15) is 6.79 Å². The van der Waals surface area contributed by atoms with Crippen LogP contribution in [-0.4, -0.2) is 41.2 Å². The Kier molecular flexibility index (Phi) is 10.7. The highest BCUT2D eigenvalue weighted by Gasteiger charge is 2.37. The summed E-state index contributed by atoms with van der Waals surface area (Å²) in [5.41, 5.74) is 4.65. The van der Waals surface area contributed by atoms with Gasteiger partial charge in [-0.25, -0.2) is 0 Å². The van der Waals surface area contributed by atoms with E-state index in [4.69, 9.17) is 13.9 Å². The van der Waals surface area contributed by atoms with Gasteiger partial charge in [-0.3, -0.25) is 4.79 Å². The number of carbonyl (C=O) groups is 1. The lowest BCUT2D eigenvalue weighted by Crippen LogP contribution is -2.41. The molecule has 1 atom stereocenters. The molecule has 0 aliphatic rings. The van der Waals surface area contributed by atoms with Crippen molar-refractivity contribution in [2.75, 3.05) is 20.5 Å². The van der Waals surface area contributed by atoms with Crippen LogP contribution in [0.1, 0.15) is 53.9 Å². The average molecular weight is 357 g/mol. The van der Waals surface area contributed by atoms with Crippen LogP contribution in [0.5, 0.6) is 0 Å². The smallest absolute Gasteiger partial charge is 0.192 e. The van der Waals surface area contributed by atoms with Gasteiger partial charge in [0.05, 0.1) is 18.3 Å². The molecule has 0 saturated carbocycles. The van der Waals surface area contributed by atoms with Crippen molar-refractivity contribution in [3.8, 4) is 0 Å². The zero-order valence-corrected chi connectivity index (χ0v) is 17.8. The lowest BCUT2D eigenvalue weighted by atomic mass is 10.1. The zero-order chi connectivity index (χ0) is 18.8. The van der Waals surface area contributed by atoms with Gasteiger partial charge >= 0.3 is 0 Å². The highest BCUT2D eigenvalue weighted by Crippen LogP contribution is 2.36. The Morgan fingerprint density at radius 3 is 2.38 bits per heavy atom. The molecule has 0 bridgehead atoms. The van der Waals surface area contributed by atoms with Crippen LogP contribution in [0.15, 0.2) is 16.9 Å². The molecule has 0 spiro atoms. The number of ether oxygens (including phenoxy) is 2. The van der Waals surface area contributed by atoms with Crippen molar-refractivity contribution in [3.05, 3.63) is 16.9 Å². The van der Waals surface area contributed by atoms with E-state index in [0.29, 0.717) is 12.2 Å². The number of methoxy groups -OCH3 is 1. The average Bonchev–Trinajstić information content (AvgIpc) is 2.50. The van der Waals surface area contributed by atoms with E-state index >= 15 is 0 Å². The standard InChI is InChI=1S/C19H36O4Si/c1-9-10-11-18(22-15-21-6)16(2)12-17(13-20)14-23-24(7,8)19(3,4)5/h13,18H,9-11,14-15H2,1-8H3. The van der Waals surface area contributed by atoms with Crippen LogP contribution in [0.4, 0.5) is 0 Å². The first-order chi connectivity index (χ1) is 11.1. The second-order valence-electron chi connectivity index (χ2n) is 7.70. The molecule has 0 radical (unpaired) electrons. The maximum Gasteiger partial charge on any atom is 0.192 e. The fourth-order valence-electron chi connectivity index (χ4n) is 1.87. The molecule has 4 nitrogen and oxygen atoms in total. The number of hydrogen-bond acceptors (Lipinski definition) is 4. The fraction of sp³-hybridized carbons (Fsp3) is 0.789. The third-order valence-corrected chi connectivity index (χ3v) is 9.06. The van der Waals surface area contributed by atoms with Crippen molar-refractivity contribution < 1.29 is 18.7 Å². The van der Waals surface area contributed by atoms with E-state index in [0.717, 1.165) is 31.1 Å². The number of aldehydes is 1. The summed E-state index contributed by atoms with van der Waals surface area (Å²) in [6.45, 7) is 15.6. The molecule has 5 heteroatoms. The summed E-state index contributed by atoms with van der Waals surface area (Å²) in [5.74, 6) is 0. The minimum absolute atomic E-state index is 0.0762. The van der Waals surface area contributed by atoms with Gasteiger partial charge in [0, 0.05) is 7.11 Å². The monoisotopic (exact) mass is 356 g/mol. The Morgan fingerprint density at radius 2 is 1.92 bits per heavy atom. The molecule has 0 saturated heterocycles. The van der Waals surface area contributed by atoms with Gasteiger partial charge in [0.2, 0.25) is 0 Å². The van der Waals surface area contributed by atoms with Crippen LogP contribution in [0.25, 0.3) is 0 Å². The van der Waals surface area contributed by atoms with Crippen LogP contribution in [0, 0.1) is 0 Å². The minimum atomic E-state index is -1.88. The largest absolute Gasteiger partial charge is 0.412 e. The van der Waals surface area contributed by atoms with Crippen LogP contribution >= 0.6 is 0 Å². The number of carbonyl (C=O) groups excluding carboxylic acids is 1. The van der Waals surface area contributed by atoms with Crippen molar-refractivity contribution in [1.82, 2.24) is 0 Å². The molecular formula is C19H36O4Si. The summed E-state index contributed by atoms with van der Waals surface area (Å²) in [4.78, 5) is 11.4. The molecule has 140 valence electrons. The molecule has 0 heterocycles. The normalized spacial score (nSPS) is 13.3. The van der Waals surface area contributed by atoms with Gasteiger partial charge in [-0.05, 0) is 37.0 Å². The van der Waals surface area contributed by atoms with E-state index in [9.17, 15) is 4.79 Å². The lowest BCUT2D eigenvalue weighted by molar-refractivity contribution is -0.105. The lowest BCUT2D eigenvalue weighted by Gasteiger charge is -2.36. The van der Waals surface area contributed by atoms with Gasteiger partial charge in [-0.15, -0.1) is 5.73 Å². The Labute approximate surface area is 149 Å². The summed E-state index contributed by atoms with van der Waals surface area (Å²) < 4.78 is 16.8. The highest BCUT2D eigenvalue weighted by molar-refractivity contribution is 6.74. The minimum Gasteiger partial charge on any atom is -0.412 e. The van der Waals surface area contributed by atoms with Crippen molar-refractivity contribution >= 4 is 14.6 Å². The van der Waals surface area contributed by atoms with E-state index in [1.807, 2.05) is 6.92 Å². The van der Waals surface area contributed by atoms with Crippen molar-refractivity contribution in [3.63, 3.8) is 0 Å². The number of unbranched alkanes of at least 4 members (excludes halogenated alkanes) is 1. The molecule has 0 amide bonds. The molecule has 0 N–H and O–H groups in total. The molecule has 0 aromatic heterocycles. The van der Waals surface area contributed by atoms with Crippen LogP contribution < -0.4 is 0 Å². The Morgan fingerprint density at radius 1 is 1.29 bits per heavy atom. The third-order valence-electron chi connectivity index (χ3n) is 4.58. The van der Waals surface area contributed by atoms with Gasteiger partial charge in [-0.1, -0.05) is 40.5 Å². The molecule has 0 aliphatic heterocycles. The summed E-state index contributed by atoms with van der Waals surface area (Å²) >= 11 is 0. The van der Waals surface area contributed by atoms with Crippen molar-refractivity contribution in [2.24, 2.45) is 0 Å². The summed E-state index contributed by atoms with van der Waals surface area (Å²) in [5, 5.41) is 0.116. The predicted molar refractivity (Wildman–Crippen MR) is 102 cm³/mol. The van der Waals surface area contributed by atoms with E-state index in [-0.39, 0.29) is 17.9 Å². The zero-order valence-electron chi connectivity index (χ0n) is 16.8. The first kappa shape index (κ1) is 23.3. The van der Waals surface area contributed by atoms with E-state index in [2.05, 4.69) is 46.5 Å². The second kappa shape index (κ2) is 11.0. The molecule has 0 rings (SSSR count). The molecule has 0 aromatic carbocycles. The number of hydrogen-bond donors (Lipinski definition) is 0. The third kappa shape index (κ3) is 8.40. The number of rotatable bonds is 11. The highest BCUT2D eigenvalue weighted by atomic mass is 28.4. The quantitative estimate of drug-likeness (QED) is 0.174. The van der Waals surface area contributed by atoms with Crippen molar-refractivity contribution in [2.45, 2.75) is 78.1 Å². The summed E-state index contributed by atoms with van der Waals surface area (Å²) in [6, 6.07) is 0. The van der Waals surface area contributed by atoms with Crippen molar-refractivity contribution in [1.29, 1.82) is 0 Å². The molecule has 24 heavy (non-hydrogen) atoms. The van der Waals surface area contributed by atoms with E-state index < -0.39 is 8.32 Å². The first-order valence-electron chi connectivity index (χ1n) is 8.75. The Hall–Kier alpha value is -0.713. The first-order valence-corrected chi connectivity index (χ1v) is 11.7. The Bertz CT molecular complexity index is 435. The van der Waals surface area contributed by atoms with E-state index in [1.54, 1.807) is 7.11 Å². The summed E-state index contributed by atoms with van der Waals surface area (Å²) in [6.07, 6.45) is 3.81. The SMILES string of the molecule is CCCCC(OCOC)C(C)=C=C(C=O)CO[Si](C)(C)C(C)(C)C.